The van der Waals surface area contributed by atoms with Gasteiger partial charge < -0.3 is 5.32 Å². The molecule has 1 N–H and O–H groups in total. The van der Waals surface area contributed by atoms with Gasteiger partial charge in [0.25, 0.3) is 15.9 Å². The summed E-state index contributed by atoms with van der Waals surface area (Å²) in [6.07, 6.45) is 4.22. The minimum atomic E-state index is -3.87. The molecule has 1 amide bonds. The Labute approximate surface area is 215 Å². The van der Waals surface area contributed by atoms with Gasteiger partial charge in [-0.1, -0.05) is 31.5 Å². The molecule has 0 saturated heterocycles. The second-order valence-electron chi connectivity index (χ2n) is 9.67. The molecular formula is C27H29N5O4S. The van der Waals surface area contributed by atoms with E-state index in [9.17, 15) is 18.0 Å². The number of carbonyl (C=O) groups is 2. The molecule has 0 bridgehead atoms. The molecule has 1 fully saturated rings. The summed E-state index contributed by atoms with van der Waals surface area (Å²) in [6.45, 7) is 7.58. The van der Waals surface area contributed by atoms with E-state index in [1.165, 1.54) is 16.2 Å². The van der Waals surface area contributed by atoms with Crippen LogP contribution >= 0.6 is 0 Å². The van der Waals surface area contributed by atoms with Gasteiger partial charge in [-0.3, -0.25) is 14.3 Å². The second-order valence-corrected chi connectivity index (χ2v) is 11.5. The molecule has 10 heteroatoms. The van der Waals surface area contributed by atoms with Crippen molar-refractivity contribution in [3.8, 4) is 0 Å². The van der Waals surface area contributed by atoms with Crippen molar-refractivity contribution in [3.63, 3.8) is 0 Å². The lowest BCUT2D eigenvalue weighted by Crippen LogP contribution is -2.29. The van der Waals surface area contributed by atoms with Crippen molar-refractivity contribution in [3.05, 3.63) is 77.4 Å². The highest BCUT2D eigenvalue weighted by Crippen LogP contribution is 2.31. The third-order valence-electron chi connectivity index (χ3n) is 6.98. The van der Waals surface area contributed by atoms with Gasteiger partial charge in [0.2, 0.25) is 0 Å². The van der Waals surface area contributed by atoms with Crippen LogP contribution in [0.2, 0.25) is 0 Å². The number of amides is 1. The average Bonchev–Trinajstić information content (AvgIpc) is 3.27. The van der Waals surface area contributed by atoms with Crippen molar-refractivity contribution in [2.45, 2.75) is 57.5 Å². The Kier molecular flexibility index (Phi) is 6.23. The molecule has 9 nitrogen and oxygen atoms in total. The lowest BCUT2D eigenvalue weighted by Gasteiger charge is -2.17. The zero-order chi connectivity index (χ0) is 26.5. The predicted molar refractivity (Wildman–Crippen MR) is 139 cm³/mol. The number of pyridine rings is 1. The molecule has 1 unspecified atom stereocenters. The first-order valence-corrected chi connectivity index (χ1v) is 13.8. The van der Waals surface area contributed by atoms with Crippen molar-refractivity contribution in [1.29, 1.82) is 0 Å². The molecule has 1 saturated carbocycles. The molecule has 0 spiro atoms. The highest BCUT2D eigenvalue weighted by molar-refractivity contribution is 7.90. The normalized spacial score (nSPS) is 18.1. The first-order chi connectivity index (χ1) is 17.6. The van der Waals surface area contributed by atoms with Gasteiger partial charge in [0.1, 0.15) is 11.4 Å². The number of aromatic nitrogens is 4. The highest BCUT2D eigenvalue weighted by atomic mass is 32.2. The van der Waals surface area contributed by atoms with Gasteiger partial charge in [0.15, 0.2) is 11.4 Å². The number of fused-ring (bicyclic) bond motifs is 1. The summed E-state index contributed by atoms with van der Waals surface area (Å²) in [7, 11) is -3.87. The molecule has 3 heterocycles. The Bertz CT molecular complexity index is 1620. The van der Waals surface area contributed by atoms with Crippen molar-refractivity contribution in [2.24, 2.45) is 5.92 Å². The first kappa shape index (κ1) is 24.9. The maximum absolute atomic E-state index is 13.4. The van der Waals surface area contributed by atoms with E-state index in [1.807, 2.05) is 13.8 Å². The van der Waals surface area contributed by atoms with E-state index in [0.717, 1.165) is 17.5 Å². The van der Waals surface area contributed by atoms with Crippen molar-refractivity contribution < 1.29 is 18.0 Å². The van der Waals surface area contributed by atoms with Crippen LogP contribution < -0.4 is 5.32 Å². The summed E-state index contributed by atoms with van der Waals surface area (Å²) in [6, 6.07) is 11.3. The zero-order valence-electron chi connectivity index (χ0n) is 21.2. The van der Waals surface area contributed by atoms with E-state index < -0.39 is 16.1 Å². The average molecular weight is 520 g/mol. The molecule has 1 aromatic carbocycles. The molecule has 0 radical (unpaired) electrons. The topological polar surface area (TPSA) is 116 Å². The molecule has 3 aromatic heterocycles. The fraction of sp³-hybridized carbons (Fsp3) is 0.333. The number of carbonyl (C=O) groups excluding carboxylic acids is 2. The first-order valence-electron chi connectivity index (χ1n) is 12.3. The number of hydrogen-bond acceptors (Lipinski definition) is 6. The zero-order valence-corrected chi connectivity index (χ0v) is 22.0. The van der Waals surface area contributed by atoms with Crippen molar-refractivity contribution in [2.75, 3.05) is 0 Å². The van der Waals surface area contributed by atoms with Crippen LogP contribution in [0.25, 0.3) is 11.0 Å². The van der Waals surface area contributed by atoms with E-state index >= 15 is 0 Å². The van der Waals surface area contributed by atoms with Crippen LogP contribution in [-0.2, 0) is 10.0 Å². The molecule has 1 aliphatic carbocycles. The standard InChI is InChI=1S/C27H29N5O4S/c1-5-25(33)23-15-24(27(34)29-22-14-17(22)3)32(30-23)18(4)20-10-12-28-26-21(20)11-13-31(26)37(35,36)19-8-6-16(2)7-9-19/h6-13,15,17-18,22H,5,14H2,1-4H3,(H,29,34)/t17-,18?,22-/m0/s1. The number of rotatable bonds is 8. The molecule has 0 aliphatic heterocycles. The summed E-state index contributed by atoms with van der Waals surface area (Å²) in [5.41, 5.74) is 2.49. The van der Waals surface area contributed by atoms with Gasteiger partial charge in [-0.15, -0.1) is 0 Å². The third-order valence-corrected chi connectivity index (χ3v) is 8.66. The number of Topliss-reactive ketones (excluding diaryl/α,β-unsaturated/α-hetero) is 1. The number of hydrogen-bond donors (Lipinski definition) is 1. The largest absolute Gasteiger partial charge is 0.348 e. The van der Waals surface area contributed by atoms with E-state index in [-0.39, 0.29) is 40.4 Å². The van der Waals surface area contributed by atoms with Gasteiger partial charge >= 0.3 is 0 Å². The lowest BCUT2D eigenvalue weighted by atomic mass is 10.1. The minimum Gasteiger partial charge on any atom is -0.348 e. The Hall–Kier alpha value is -3.79. The molecule has 37 heavy (non-hydrogen) atoms. The molecule has 1 aliphatic rings. The summed E-state index contributed by atoms with van der Waals surface area (Å²) < 4.78 is 29.5. The molecule has 192 valence electrons. The number of nitrogens with one attached hydrogen (secondary N) is 1. The third kappa shape index (κ3) is 4.46. The second kappa shape index (κ2) is 9.26. The number of ketones is 1. The van der Waals surface area contributed by atoms with Gasteiger partial charge in [0.05, 0.1) is 10.9 Å². The van der Waals surface area contributed by atoms with E-state index in [0.29, 0.717) is 17.0 Å². The minimum absolute atomic E-state index is 0.116. The smallest absolute Gasteiger partial charge is 0.269 e. The lowest BCUT2D eigenvalue weighted by molar-refractivity contribution is 0.0936. The van der Waals surface area contributed by atoms with Crippen LogP contribution in [0.3, 0.4) is 0 Å². The van der Waals surface area contributed by atoms with E-state index in [4.69, 9.17) is 0 Å². The number of aryl methyl sites for hydroxylation is 1. The summed E-state index contributed by atoms with van der Waals surface area (Å²) >= 11 is 0. The fourth-order valence-electron chi connectivity index (χ4n) is 4.49. The van der Waals surface area contributed by atoms with Crippen LogP contribution in [-0.4, -0.2) is 44.9 Å². The summed E-state index contributed by atoms with van der Waals surface area (Å²) in [4.78, 5) is 30.1. The highest BCUT2D eigenvalue weighted by Gasteiger charge is 2.35. The summed E-state index contributed by atoms with van der Waals surface area (Å²) in [5, 5.41) is 8.13. The molecular weight excluding hydrogens is 490 g/mol. The van der Waals surface area contributed by atoms with E-state index in [1.54, 1.807) is 54.2 Å². The maximum Gasteiger partial charge on any atom is 0.269 e. The van der Waals surface area contributed by atoms with Crippen molar-refractivity contribution >= 4 is 32.7 Å². The Morgan fingerprint density at radius 1 is 1.16 bits per heavy atom. The molecule has 5 rings (SSSR count). The molecule has 4 aromatic rings. The Morgan fingerprint density at radius 2 is 1.86 bits per heavy atom. The van der Waals surface area contributed by atoms with Crippen LogP contribution in [0.1, 0.15) is 71.8 Å². The van der Waals surface area contributed by atoms with Gasteiger partial charge in [-0.05, 0) is 56.0 Å². The SMILES string of the molecule is CCC(=O)c1cc(C(=O)N[C@H]2C[C@@H]2C)n(C(C)c2ccnc3c2ccn3S(=O)(=O)c2ccc(C)cc2)n1. The van der Waals surface area contributed by atoms with Crippen molar-refractivity contribution in [1.82, 2.24) is 24.1 Å². The number of benzene rings is 1. The fourth-order valence-corrected chi connectivity index (χ4v) is 5.79. The molecule has 3 atom stereocenters. The van der Waals surface area contributed by atoms with Crippen LogP contribution in [0.4, 0.5) is 0 Å². The van der Waals surface area contributed by atoms with Gasteiger partial charge in [-0.2, -0.15) is 5.10 Å². The Balaban J connectivity index is 1.57. The van der Waals surface area contributed by atoms with Gasteiger partial charge in [-0.25, -0.2) is 17.4 Å². The summed E-state index contributed by atoms with van der Waals surface area (Å²) in [5.74, 6) is -0.0202. The van der Waals surface area contributed by atoms with E-state index in [2.05, 4.69) is 22.3 Å². The quantitative estimate of drug-likeness (QED) is 0.350. The Morgan fingerprint density at radius 3 is 2.51 bits per heavy atom. The monoisotopic (exact) mass is 519 g/mol. The van der Waals surface area contributed by atoms with Crippen LogP contribution in [0.15, 0.2) is 59.8 Å². The van der Waals surface area contributed by atoms with Gasteiger partial charge in [0, 0.05) is 36.3 Å². The number of nitrogens with zero attached hydrogens (tertiary/aromatic N) is 4. The predicted octanol–water partition coefficient (Wildman–Crippen LogP) is 4.12. The van der Waals surface area contributed by atoms with Crippen LogP contribution in [0, 0.1) is 12.8 Å². The van der Waals surface area contributed by atoms with Crippen LogP contribution in [0.5, 0.6) is 0 Å². The maximum atomic E-state index is 13.4.